The summed E-state index contributed by atoms with van der Waals surface area (Å²) in [5.74, 6) is -0.264. The summed E-state index contributed by atoms with van der Waals surface area (Å²) >= 11 is 0. The standard InChI is InChI=1S/C14H21NO3/c1-14(2,17-3)8-9-18-13(16)10-11-6-4-5-7-12(11)15/h4-7H,8-10,15H2,1-3H3. The molecule has 4 nitrogen and oxygen atoms in total. The maximum absolute atomic E-state index is 11.6. The molecule has 0 saturated heterocycles. The predicted molar refractivity (Wildman–Crippen MR) is 71.2 cm³/mol. The van der Waals surface area contributed by atoms with E-state index < -0.39 is 0 Å². The second-order valence-electron chi connectivity index (χ2n) is 4.81. The molecule has 0 aromatic heterocycles. The lowest BCUT2D eigenvalue weighted by Crippen LogP contribution is -2.25. The van der Waals surface area contributed by atoms with Crippen molar-refractivity contribution in [3.8, 4) is 0 Å². The van der Waals surface area contributed by atoms with Gasteiger partial charge in [0.2, 0.25) is 0 Å². The van der Waals surface area contributed by atoms with Gasteiger partial charge in [-0.15, -0.1) is 0 Å². The second-order valence-corrected chi connectivity index (χ2v) is 4.81. The van der Waals surface area contributed by atoms with Crippen molar-refractivity contribution in [2.75, 3.05) is 19.5 Å². The van der Waals surface area contributed by atoms with Crippen molar-refractivity contribution in [1.82, 2.24) is 0 Å². The molecule has 0 atom stereocenters. The summed E-state index contributed by atoms with van der Waals surface area (Å²) in [6.07, 6.45) is 0.875. The highest BCUT2D eigenvalue weighted by atomic mass is 16.5. The topological polar surface area (TPSA) is 61.5 Å². The van der Waals surface area contributed by atoms with E-state index in [9.17, 15) is 4.79 Å². The molecule has 1 aromatic rings. The first-order valence-electron chi connectivity index (χ1n) is 5.99. The highest BCUT2D eigenvalue weighted by molar-refractivity contribution is 5.74. The second kappa shape index (κ2) is 6.40. The monoisotopic (exact) mass is 251 g/mol. The van der Waals surface area contributed by atoms with E-state index >= 15 is 0 Å². The van der Waals surface area contributed by atoms with Crippen LogP contribution in [0.1, 0.15) is 25.8 Å². The van der Waals surface area contributed by atoms with Crippen LogP contribution in [0.4, 0.5) is 5.69 Å². The molecule has 0 heterocycles. The number of carbonyl (C=O) groups is 1. The van der Waals surface area contributed by atoms with Gasteiger partial charge in [-0.3, -0.25) is 4.79 Å². The number of methoxy groups -OCH3 is 1. The first-order valence-corrected chi connectivity index (χ1v) is 5.99. The third kappa shape index (κ3) is 4.75. The van der Waals surface area contributed by atoms with Crippen molar-refractivity contribution < 1.29 is 14.3 Å². The molecule has 1 rings (SSSR count). The van der Waals surface area contributed by atoms with E-state index in [1.807, 2.05) is 32.0 Å². The van der Waals surface area contributed by atoms with Crippen LogP contribution in [0.2, 0.25) is 0 Å². The normalized spacial score (nSPS) is 11.3. The molecule has 0 fully saturated rings. The molecular weight excluding hydrogens is 230 g/mol. The lowest BCUT2D eigenvalue weighted by molar-refractivity contribution is -0.144. The van der Waals surface area contributed by atoms with Gasteiger partial charge in [-0.25, -0.2) is 0 Å². The number of nitrogen functional groups attached to an aromatic ring is 1. The molecule has 0 aliphatic rings. The van der Waals surface area contributed by atoms with Gasteiger partial charge in [0.25, 0.3) is 0 Å². The van der Waals surface area contributed by atoms with E-state index in [0.29, 0.717) is 18.7 Å². The van der Waals surface area contributed by atoms with Crippen LogP contribution in [0.3, 0.4) is 0 Å². The van der Waals surface area contributed by atoms with Crippen LogP contribution in [0, 0.1) is 0 Å². The van der Waals surface area contributed by atoms with Crippen LogP contribution < -0.4 is 5.73 Å². The third-order valence-electron chi connectivity index (χ3n) is 2.91. The quantitative estimate of drug-likeness (QED) is 0.621. The summed E-state index contributed by atoms with van der Waals surface area (Å²) in [5, 5.41) is 0. The van der Waals surface area contributed by atoms with Crippen molar-refractivity contribution in [1.29, 1.82) is 0 Å². The van der Waals surface area contributed by atoms with Crippen molar-refractivity contribution in [3.05, 3.63) is 29.8 Å². The van der Waals surface area contributed by atoms with E-state index in [1.165, 1.54) is 0 Å². The van der Waals surface area contributed by atoms with Crippen LogP contribution in [0.25, 0.3) is 0 Å². The Morgan fingerprint density at radius 2 is 2.00 bits per heavy atom. The van der Waals surface area contributed by atoms with Crippen molar-refractivity contribution in [2.45, 2.75) is 32.3 Å². The number of para-hydroxylation sites is 1. The lowest BCUT2D eigenvalue weighted by Gasteiger charge is -2.22. The van der Waals surface area contributed by atoms with Crippen LogP contribution >= 0.6 is 0 Å². The number of rotatable bonds is 6. The Hall–Kier alpha value is -1.55. The van der Waals surface area contributed by atoms with Crippen LogP contribution in [0.5, 0.6) is 0 Å². The van der Waals surface area contributed by atoms with Crippen molar-refractivity contribution >= 4 is 11.7 Å². The Kier molecular flexibility index (Phi) is 5.16. The van der Waals surface area contributed by atoms with Gasteiger partial charge in [0, 0.05) is 19.2 Å². The molecule has 0 saturated carbocycles. The van der Waals surface area contributed by atoms with E-state index in [2.05, 4.69) is 0 Å². The minimum absolute atomic E-state index is 0.208. The summed E-state index contributed by atoms with van der Waals surface area (Å²) in [5.41, 5.74) is 6.91. The average Bonchev–Trinajstić information content (AvgIpc) is 2.32. The number of esters is 1. The summed E-state index contributed by atoms with van der Waals surface area (Å²) in [6.45, 7) is 4.26. The van der Waals surface area contributed by atoms with Gasteiger partial charge < -0.3 is 15.2 Å². The van der Waals surface area contributed by atoms with Gasteiger partial charge in [0.1, 0.15) is 0 Å². The average molecular weight is 251 g/mol. The molecular formula is C14H21NO3. The zero-order valence-electron chi connectivity index (χ0n) is 11.2. The Bertz CT molecular complexity index is 402. The van der Waals surface area contributed by atoms with E-state index in [1.54, 1.807) is 13.2 Å². The lowest BCUT2D eigenvalue weighted by atomic mass is 10.1. The number of ether oxygens (including phenoxy) is 2. The van der Waals surface area contributed by atoms with Gasteiger partial charge in [0.05, 0.1) is 18.6 Å². The fraction of sp³-hybridized carbons (Fsp3) is 0.500. The number of nitrogens with two attached hydrogens (primary N) is 1. The Balaban J connectivity index is 2.37. The Labute approximate surface area is 108 Å². The molecule has 1 aromatic carbocycles. The molecule has 100 valence electrons. The van der Waals surface area contributed by atoms with Crippen LogP contribution in [-0.4, -0.2) is 25.3 Å². The van der Waals surface area contributed by atoms with E-state index in [0.717, 1.165) is 5.56 Å². The van der Waals surface area contributed by atoms with Gasteiger partial charge in [-0.2, -0.15) is 0 Å². The summed E-state index contributed by atoms with van der Waals surface area (Å²) < 4.78 is 10.4. The summed E-state index contributed by atoms with van der Waals surface area (Å²) in [6, 6.07) is 7.30. The predicted octanol–water partition coefficient (Wildman–Crippen LogP) is 2.17. The molecule has 0 aliphatic heterocycles. The van der Waals surface area contributed by atoms with Gasteiger partial charge in [-0.05, 0) is 25.5 Å². The number of anilines is 1. The molecule has 0 radical (unpaired) electrons. The molecule has 2 N–H and O–H groups in total. The van der Waals surface area contributed by atoms with Gasteiger partial charge >= 0.3 is 5.97 Å². The molecule has 0 spiro atoms. The Morgan fingerprint density at radius 3 is 2.61 bits per heavy atom. The fourth-order valence-electron chi connectivity index (χ4n) is 1.41. The minimum Gasteiger partial charge on any atom is -0.465 e. The van der Waals surface area contributed by atoms with Crippen molar-refractivity contribution in [2.24, 2.45) is 0 Å². The maximum Gasteiger partial charge on any atom is 0.310 e. The zero-order chi connectivity index (χ0) is 13.6. The smallest absolute Gasteiger partial charge is 0.310 e. The highest BCUT2D eigenvalue weighted by Crippen LogP contribution is 2.14. The first kappa shape index (κ1) is 14.5. The van der Waals surface area contributed by atoms with Crippen LogP contribution in [0.15, 0.2) is 24.3 Å². The van der Waals surface area contributed by atoms with E-state index in [4.69, 9.17) is 15.2 Å². The highest BCUT2D eigenvalue weighted by Gasteiger charge is 2.17. The largest absolute Gasteiger partial charge is 0.465 e. The first-order chi connectivity index (χ1) is 8.44. The molecule has 0 aliphatic carbocycles. The van der Waals surface area contributed by atoms with E-state index in [-0.39, 0.29) is 18.0 Å². The maximum atomic E-state index is 11.6. The number of carbonyl (C=O) groups excluding carboxylic acids is 1. The fourth-order valence-corrected chi connectivity index (χ4v) is 1.41. The summed E-state index contributed by atoms with van der Waals surface area (Å²) in [7, 11) is 1.65. The number of benzene rings is 1. The molecule has 0 bridgehead atoms. The molecule has 0 unspecified atom stereocenters. The summed E-state index contributed by atoms with van der Waals surface area (Å²) in [4.78, 5) is 11.6. The molecule has 18 heavy (non-hydrogen) atoms. The van der Waals surface area contributed by atoms with Crippen LogP contribution in [-0.2, 0) is 20.7 Å². The van der Waals surface area contributed by atoms with Gasteiger partial charge in [-0.1, -0.05) is 18.2 Å². The zero-order valence-corrected chi connectivity index (χ0v) is 11.2. The Morgan fingerprint density at radius 1 is 1.33 bits per heavy atom. The SMILES string of the molecule is COC(C)(C)CCOC(=O)Cc1ccccc1N. The molecule has 4 heteroatoms. The molecule has 0 amide bonds. The minimum atomic E-state index is -0.272. The number of hydrogen-bond acceptors (Lipinski definition) is 4. The third-order valence-corrected chi connectivity index (χ3v) is 2.91. The number of hydrogen-bond donors (Lipinski definition) is 1. The van der Waals surface area contributed by atoms with Crippen molar-refractivity contribution in [3.63, 3.8) is 0 Å². The van der Waals surface area contributed by atoms with Gasteiger partial charge in [0.15, 0.2) is 0 Å².